The Morgan fingerprint density at radius 3 is 2.42 bits per heavy atom. The first kappa shape index (κ1) is 30.2. The molecule has 0 spiro atoms. The predicted octanol–water partition coefficient (Wildman–Crippen LogP) is 5.43. The van der Waals surface area contributed by atoms with Crippen molar-refractivity contribution in [3.8, 4) is 11.1 Å². The van der Waals surface area contributed by atoms with Crippen LogP contribution in [0, 0.1) is 5.92 Å². The molecule has 1 aliphatic heterocycles. The van der Waals surface area contributed by atoms with Crippen molar-refractivity contribution in [2.24, 2.45) is 5.92 Å². The molecular formula is C32H39NO6S. The maximum atomic E-state index is 13.2. The molecule has 1 aliphatic carbocycles. The normalized spacial score (nSPS) is 21.6. The molecule has 1 saturated heterocycles. The molecular weight excluding hydrogens is 526 g/mol. The topological polar surface area (TPSA) is 82.1 Å². The van der Waals surface area contributed by atoms with Crippen LogP contribution >= 0.6 is 11.8 Å². The summed E-state index contributed by atoms with van der Waals surface area (Å²) in [7, 11) is 0. The van der Waals surface area contributed by atoms with E-state index in [1.807, 2.05) is 24.3 Å². The van der Waals surface area contributed by atoms with Crippen LogP contribution in [-0.4, -0.2) is 66.2 Å². The fourth-order valence-electron chi connectivity index (χ4n) is 5.37. The van der Waals surface area contributed by atoms with E-state index in [2.05, 4.69) is 47.4 Å². The van der Waals surface area contributed by atoms with Gasteiger partial charge in [0, 0.05) is 38.8 Å². The summed E-state index contributed by atoms with van der Waals surface area (Å²) in [5, 5.41) is -0.0725. The Morgan fingerprint density at radius 1 is 1.00 bits per heavy atom. The summed E-state index contributed by atoms with van der Waals surface area (Å²) in [6, 6.07) is 18.6. The molecule has 8 heteroatoms. The van der Waals surface area contributed by atoms with E-state index in [0.29, 0.717) is 32.7 Å². The minimum atomic E-state index is -0.308. The van der Waals surface area contributed by atoms with Crippen molar-refractivity contribution in [2.75, 3.05) is 32.2 Å². The molecule has 3 atom stereocenters. The third-order valence-electron chi connectivity index (χ3n) is 7.41. The van der Waals surface area contributed by atoms with Crippen molar-refractivity contribution in [1.29, 1.82) is 0 Å². The van der Waals surface area contributed by atoms with Crippen LogP contribution in [0.2, 0.25) is 0 Å². The summed E-state index contributed by atoms with van der Waals surface area (Å²) in [6.45, 7) is 4.75. The molecule has 2 fully saturated rings. The molecule has 2 aliphatic rings. The van der Waals surface area contributed by atoms with Gasteiger partial charge >= 0.3 is 5.97 Å². The highest BCUT2D eigenvalue weighted by Gasteiger charge is 2.45. The lowest BCUT2D eigenvalue weighted by molar-refractivity contribution is -0.141. The molecule has 2 aromatic carbocycles. The Balaban J connectivity index is 1.30. The zero-order valence-electron chi connectivity index (χ0n) is 23.2. The van der Waals surface area contributed by atoms with Gasteiger partial charge in [-0.3, -0.25) is 19.3 Å². The van der Waals surface area contributed by atoms with E-state index in [1.54, 1.807) is 0 Å². The summed E-state index contributed by atoms with van der Waals surface area (Å²) in [4.78, 5) is 38.2. The quantitative estimate of drug-likeness (QED) is 0.181. The van der Waals surface area contributed by atoms with Gasteiger partial charge in [0.1, 0.15) is 5.94 Å². The van der Waals surface area contributed by atoms with Gasteiger partial charge in [-0.2, -0.15) is 0 Å². The van der Waals surface area contributed by atoms with Crippen LogP contribution in [0.15, 0.2) is 66.7 Å². The van der Waals surface area contributed by atoms with Gasteiger partial charge in [0.25, 0.3) is 0 Å². The highest BCUT2D eigenvalue weighted by Crippen LogP contribution is 2.35. The molecule has 0 amide bonds. The third kappa shape index (κ3) is 9.13. The summed E-state index contributed by atoms with van der Waals surface area (Å²) in [6.07, 6.45) is 6.88. The van der Waals surface area contributed by atoms with Crippen LogP contribution in [0.5, 0.6) is 0 Å². The van der Waals surface area contributed by atoms with Crippen molar-refractivity contribution in [3.63, 3.8) is 0 Å². The van der Waals surface area contributed by atoms with Crippen LogP contribution in [0.25, 0.3) is 11.1 Å². The largest absolute Gasteiger partial charge is 0.454 e. The summed E-state index contributed by atoms with van der Waals surface area (Å²) in [5.41, 5.74) is 3.44. The number of morpholine rings is 1. The van der Waals surface area contributed by atoms with Crippen LogP contribution < -0.4 is 0 Å². The number of rotatable bonds is 13. The zero-order chi connectivity index (χ0) is 28.2. The lowest BCUT2D eigenvalue weighted by atomic mass is 9.93. The molecule has 7 nitrogen and oxygen atoms in total. The van der Waals surface area contributed by atoms with Gasteiger partial charge in [-0.1, -0.05) is 66.7 Å². The average molecular weight is 566 g/mol. The molecule has 214 valence electrons. The van der Waals surface area contributed by atoms with Gasteiger partial charge < -0.3 is 14.2 Å². The molecule has 1 unspecified atom stereocenters. The number of thioether (sulfide) groups is 1. The number of carbonyl (C=O) groups excluding carboxylic acids is 3. The zero-order valence-corrected chi connectivity index (χ0v) is 24.0. The van der Waals surface area contributed by atoms with Gasteiger partial charge in [-0.15, -0.1) is 0 Å². The number of hydrogen-bond donors (Lipinski definition) is 0. The van der Waals surface area contributed by atoms with E-state index in [1.165, 1.54) is 18.1 Å². The molecule has 2 aromatic rings. The van der Waals surface area contributed by atoms with E-state index >= 15 is 0 Å². The van der Waals surface area contributed by atoms with Gasteiger partial charge in [0.15, 0.2) is 10.9 Å². The van der Waals surface area contributed by atoms with Crippen molar-refractivity contribution >= 4 is 28.6 Å². The fourth-order valence-corrected chi connectivity index (χ4v) is 5.73. The lowest BCUT2D eigenvalue weighted by Gasteiger charge is -2.35. The Kier molecular flexibility index (Phi) is 12.0. The fraction of sp³-hybridized carbons (Fsp3) is 0.469. The number of hydrogen-bond acceptors (Lipinski definition) is 8. The van der Waals surface area contributed by atoms with Gasteiger partial charge in [-0.05, 0) is 47.7 Å². The average Bonchev–Trinajstić information content (AvgIpc) is 3.29. The predicted molar refractivity (Wildman–Crippen MR) is 157 cm³/mol. The first-order valence-corrected chi connectivity index (χ1v) is 15.0. The second-order valence-electron chi connectivity index (χ2n) is 10.2. The molecule has 0 N–H and O–H groups in total. The highest BCUT2D eigenvalue weighted by atomic mass is 32.2. The molecule has 0 radical (unpaired) electrons. The maximum Gasteiger partial charge on any atom is 0.306 e. The minimum absolute atomic E-state index is 0.0646. The number of ketones is 1. The van der Waals surface area contributed by atoms with Crippen LogP contribution in [0.1, 0.15) is 44.6 Å². The third-order valence-corrected chi connectivity index (χ3v) is 8.05. The van der Waals surface area contributed by atoms with Crippen molar-refractivity contribution in [3.05, 3.63) is 72.3 Å². The second-order valence-corrected chi connectivity index (χ2v) is 11.3. The van der Waals surface area contributed by atoms with Crippen molar-refractivity contribution in [1.82, 2.24) is 4.90 Å². The number of benzene rings is 2. The Morgan fingerprint density at radius 2 is 1.70 bits per heavy atom. The molecule has 0 aromatic heterocycles. The van der Waals surface area contributed by atoms with Gasteiger partial charge in [0.05, 0.1) is 32.0 Å². The molecule has 1 heterocycles. The number of nitrogens with zero attached hydrogens (tertiary/aromatic N) is 1. The van der Waals surface area contributed by atoms with E-state index in [0.717, 1.165) is 43.3 Å². The second kappa shape index (κ2) is 15.9. The van der Waals surface area contributed by atoms with E-state index in [9.17, 15) is 14.4 Å². The summed E-state index contributed by atoms with van der Waals surface area (Å²) >= 11 is 0.984. The molecule has 40 heavy (non-hydrogen) atoms. The number of allylic oxidation sites excluding steroid dienone is 2. The van der Waals surface area contributed by atoms with E-state index < -0.39 is 0 Å². The highest BCUT2D eigenvalue weighted by molar-refractivity contribution is 8.13. The standard InChI is InChI=1S/C32H39NO6S/c1-24(34)40-23-39-31(36)12-8-3-2-7-11-28-30(21-29(35)32(28)33-17-19-37-20-18-33)38-22-25-13-15-27(16-14-25)26-9-5-4-6-10-26/h2-6,9-10,13-16,28,30,32H,7-8,11-12,17-23H2,1H3/b3-2-/t28?,30-,32+/m0/s1. The first-order valence-electron chi connectivity index (χ1n) is 14.1. The monoisotopic (exact) mass is 565 g/mol. The Bertz CT molecular complexity index is 1130. The van der Waals surface area contributed by atoms with Crippen molar-refractivity contribution in [2.45, 2.75) is 57.8 Å². The molecule has 1 saturated carbocycles. The van der Waals surface area contributed by atoms with Gasteiger partial charge in [-0.25, -0.2) is 0 Å². The van der Waals surface area contributed by atoms with Crippen LogP contribution in [-0.2, 0) is 35.2 Å². The lowest BCUT2D eigenvalue weighted by Crippen LogP contribution is -2.49. The van der Waals surface area contributed by atoms with E-state index in [-0.39, 0.29) is 47.3 Å². The smallest absolute Gasteiger partial charge is 0.306 e. The van der Waals surface area contributed by atoms with E-state index in [4.69, 9.17) is 14.2 Å². The number of ether oxygens (including phenoxy) is 3. The minimum Gasteiger partial charge on any atom is -0.454 e. The first-order chi connectivity index (χ1) is 19.5. The Labute approximate surface area is 241 Å². The number of Topliss-reactive ketones (excluding diaryl/α,β-unsaturated/α-hetero) is 1. The SMILES string of the molecule is CC(=O)SCOC(=O)CC/C=C\CCC1[C@@H](OCc2ccc(-c3ccccc3)cc2)CC(=O)[C@@H]1N1CCOCC1. The van der Waals surface area contributed by atoms with Crippen LogP contribution in [0.3, 0.4) is 0 Å². The number of carbonyl (C=O) groups is 3. The number of esters is 1. The summed E-state index contributed by atoms with van der Waals surface area (Å²) < 4.78 is 17.0. The van der Waals surface area contributed by atoms with Crippen molar-refractivity contribution < 1.29 is 28.6 Å². The van der Waals surface area contributed by atoms with Crippen LogP contribution in [0.4, 0.5) is 0 Å². The molecule has 4 rings (SSSR count). The molecule has 0 bridgehead atoms. The van der Waals surface area contributed by atoms with Gasteiger partial charge in [0.2, 0.25) is 0 Å². The Hall–Kier alpha value is -2.78. The summed E-state index contributed by atoms with van der Waals surface area (Å²) in [5.74, 6) is 0.117. The maximum absolute atomic E-state index is 13.2.